The quantitative estimate of drug-likeness (QED) is 0.279. The van der Waals surface area contributed by atoms with Gasteiger partial charge in [0.15, 0.2) is 5.13 Å². The van der Waals surface area contributed by atoms with E-state index >= 15 is 0 Å². The number of thiazole rings is 1. The smallest absolute Gasteiger partial charge is 0.260 e. The fraction of sp³-hybridized carbons (Fsp3) is 0.500. The van der Waals surface area contributed by atoms with Crippen LogP contribution in [0.4, 0.5) is 5.13 Å². The highest BCUT2D eigenvalue weighted by atomic mass is 35.5. The highest BCUT2D eigenvalue weighted by Gasteiger charge is 2.29. The molecule has 2 heterocycles. The fourth-order valence-corrected chi connectivity index (χ4v) is 7.70. The number of carbonyl (C=O) groups is 1. The maximum atomic E-state index is 13.8. The van der Waals surface area contributed by atoms with Crippen LogP contribution < -0.4 is 4.90 Å². The predicted octanol–water partition coefficient (Wildman–Crippen LogP) is 6.39. The zero-order valence-corrected chi connectivity index (χ0v) is 25.0. The topological polar surface area (TPSA) is 79.8 Å². The van der Waals surface area contributed by atoms with Crippen molar-refractivity contribution in [2.45, 2.75) is 58.5 Å². The Morgan fingerprint density at radius 1 is 1.11 bits per heavy atom. The maximum absolute atomic E-state index is 13.8. The minimum Gasteiger partial charge on any atom is -0.376 e. The molecule has 206 valence electrons. The molecular formula is C28H36ClN3O4S2. The summed E-state index contributed by atoms with van der Waals surface area (Å²) >= 11 is 7.82. The molecular weight excluding hydrogens is 542 g/mol. The second-order valence-corrected chi connectivity index (χ2v) is 14.0. The van der Waals surface area contributed by atoms with Crippen LogP contribution in [0.2, 0.25) is 5.02 Å². The predicted molar refractivity (Wildman–Crippen MR) is 155 cm³/mol. The second kappa shape index (κ2) is 12.0. The molecule has 1 amide bonds. The summed E-state index contributed by atoms with van der Waals surface area (Å²) in [5.74, 6) is 0.141. The highest BCUT2D eigenvalue weighted by Crippen LogP contribution is 2.36. The summed E-state index contributed by atoms with van der Waals surface area (Å²) in [6.45, 7) is 11.9. The van der Waals surface area contributed by atoms with Crippen LogP contribution in [0.15, 0.2) is 41.3 Å². The van der Waals surface area contributed by atoms with Crippen LogP contribution in [0, 0.1) is 18.8 Å². The Hall–Kier alpha value is -2.04. The molecule has 1 aromatic heterocycles. The van der Waals surface area contributed by atoms with Crippen LogP contribution in [-0.2, 0) is 14.8 Å². The van der Waals surface area contributed by atoms with E-state index in [1.165, 1.54) is 27.8 Å². The molecule has 1 unspecified atom stereocenters. The third-order valence-electron chi connectivity index (χ3n) is 6.45. The van der Waals surface area contributed by atoms with Crippen LogP contribution >= 0.6 is 22.9 Å². The van der Waals surface area contributed by atoms with E-state index in [0.29, 0.717) is 42.0 Å². The van der Waals surface area contributed by atoms with E-state index in [2.05, 4.69) is 0 Å². The molecule has 1 aliphatic rings. The van der Waals surface area contributed by atoms with Gasteiger partial charge in [-0.2, -0.15) is 4.31 Å². The minimum absolute atomic E-state index is 0.0807. The number of amides is 1. The summed E-state index contributed by atoms with van der Waals surface area (Å²) in [5, 5.41) is 1.15. The Morgan fingerprint density at radius 3 is 2.32 bits per heavy atom. The van der Waals surface area contributed by atoms with E-state index in [1.54, 1.807) is 17.0 Å². The lowest BCUT2D eigenvalue weighted by Gasteiger charge is -2.26. The van der Waals surface area contributed by atoms with Gasteiger partial charge in [-0.15, -0.1) is 0 Å². The average molecular weight is 578 g/mol. The molecule has 0 aliphatic carbocycles. The van der Waals surface area contributed by atoms with Gasteiger partial charge in [0.1, 0.15) is 0 Å². The number of anilines is 1. The van der Waals surface area contributed by atoms with E-state index in [-0.39, 0.29) is 28.7 Å². The first-order valence-corrected chi connectivity index (χ1v) is 15.7. The number of fused-ring (bicyclic) bond motifs is 1. The number of nitrogens with zero attached hydrogens (tertiary/aromatic N) is 3. The normalized spacial score (nSPS) is 16.3. The number of aryl methyl sites for hydroxylation is 1. The van der Waals surface area contributed by atoms with Gasteiger partial charge in [0.2, 0.25) is 10.0 Å². The van der Waals surface area contributed by atoms with Crippen molar-refractivity contribution in [3.63, 3.8) is 0 Å². The number of aromatic nitrogens is 1. The van der Waals surface area contributed by atoms with Gasteiger partial charge in [0, 0.05) is 25.3 Å². The number of carbonyl (C=O) groups excluding carboxylic acids is 1. The number of hydrogen-bond donors (Lipinski definition) is 0. The van der Waals surface area contributed by atoms with Gasteiger partial charge in [0.05, 0.1) is 32.8 Å². The molecule has 0 saturated carbocycles. The van der Waals surface area contributed by atoms with Gasteiger partial charge in [-0.25, -0.2) is 13.4 Å². The molecule has 10 heteroatoms. The van der Waals surface area contributed by atoms with Crippen LogP contribution in [0.3, 0.4) is 0 Å². The number of ether oxygens (including phenoxy) is 1. The Bertz CT molecular complexity index is 1330. The Kier molecular flexibility index (Phi) is 9.15. The van der Waals surface area contributed by atoms with Gasteiger partial charge in [0.25, 0.3) is 5.91 Å². The summed E-state index contributed by atoms with van der Waals surface area (Å²) in [7, 11) is -3.69. The maximum Gasteiger partial charge on any atom is 0.260 e. The van der Waals surface area contributed by atoms with Gasteiger partial charge < -0.3 is 4.74 Å². The van der Waals surface area contributed by atoms with Crippen LogP contribution in [-0.4, -0.2) is 56.0 Å². The van der Waals surface area contributed by atoms with Crippen LogP contribution in [0.25, 0.3) is 10.2 Å². The van der Waals surface area contributed by atoms with Crippen molar-refractivity contribution < 1.29 is 17.9 Å². The SMILES string of the molecule is Cc1ccc(Cl)c2sc(N(CC3CCCO3)C(=O)c3ccc(S(=O)(=O)N(CC(C)C)CC(C)C)cc3)nc12. The summed E-state index contributed by atoms with van der Waals surface area (Å²) in [4.78, 5) is 20.4. The number of hydrogen-bond acceptors (Lipinski definition) is 6. The van der Waals surface area contributed by atoms with Crippen molar-refractivity contribution in [2.24, 2.45) is 11.8 Å². The molecule has 1 saturated heterocycles. The molecule has 1 aliphatic heterocycles. The number of halogens is 1. The standard InChI is InChI=1S/C28H36ClN3O4S2/c1-18(2)15-31(16-19(3)4)38(34,35)23-11-9-21(10-12-23)27(33)32(17-22-7-6-14-36-22)28-30-25-20(5)8-13-24(29)26(25)37-28/h8-13,18-19,22H,6-7,14-17H2,1-5H3. The molecule has 1 fully saturated rings. The van der Waals surface area contributed by atoms with Crippen molar-refractivity contribution >= 4 is 54.2 Å². The number of sulfonamides is 1. The van der Waals surface area contributed by atoms with E-state index in [0.717, 1.165) is 28.6 Å². The summed E-state index contributed by atoms with van der Waals surface area (Å²) in [6.07, 6.45) is 1.74. The highest BCUT2D eigenvalue weighted by molar-refractivity contribution is 7.89. The third kappa shape index (κ3) is 6.39. The van der Waals surface area contributed by atoms with E-state index in [4.69, 9.17) is 21.3 Å². The zero-order chi connectivity index (χ0) is 27.6. The molecule has 0 radical (unpaired) electrons. The number of rotatable bonds is 10. The molecule has 0 N–H and O–H groups in total. The third-order valence-corrected chi connectivity index (χ3v) is 9.83. The van der Waals surface area contributed by atoms with Gasteiger partial charge in [-0.1, -0.05) is 56.7 Å². The van der Waals surface area contributed by atoms with Gasteiger partial charge in [-0.05, 0) is 67.5 Å². The Morgan fingerprint density at radius 2 is 1.76 bits per heavy atom. The van der Waals surface area contributed by atoms with E-state index in [9.17, 15) is 13.2 Å². The minimum atomic E-state index is -3.69. The van der Waals surface area contributed by atoms with Crippen molar-refractivity contribution in [1.82, 2.24) is 9.29 Å². The Balaban J connectivity index is 1.66. The van der Waals surface area contributed by atoms with Crippen LogP contribution in [0.1, 0.15) is 56.5 Å². The lowest BCUT2D eigenvalue weighted by Crippen LogP contribution is -2.38. The lowest BCUT2D eigenvalue weighted by molar-refractivity contribution is 0.0917. The van der Waals surface area contributed by atoms with E-state index < -0.39 is 10.0 Å². The van der Waals surface area contributed by atoms with E-state index in [1.807, 2.05) is 46.8 Å². The first-order chi connectivity index (χ1) is 18.0. The molecule has 0 bridgehead atoms. The summed E-state index contributed by atoms with van der Waals surface area (Å²) < 4.78 is 35.1. The molecule has 0 spiro atoms. The summed E-state index contributed by atoms with van der Waals surface area (Å²) in [6, 6.07) is 9.99. The molecule has 38 heavy (non-hydrogen) atoms. The van der Waals surface area contributed by atoms with Gasteiger partial charge in [-0.3, -0.25) is 9.69 Å². The van der Waals surface area contributed by atoms with Crippen LogP contribution in [0.5, 0.6) is 0 Å². The van der Waals surface area contributed by atoms with Gasteiger partial charge >= 0.3 is 0 Å². The molecule has 4 rings (SSSR count). The molecule has 1 atom stereocenters. The summed E-state index contributed by atoms with van der Waals surface area (Å²) in [5.41, 5.74) is 2.15. The average Bonchev–Trinajstić information content (AvgIpc) is 3.54. The fourth-order valence-electron chi connectivity index (χ4n) is 4.61. The first-order valence-electron chi connectivity index (χ1n) is 13.1. The first kappa shape index (κ1) is 29.0. The van der Waals surface area contributed by atoms with Crippen molar-refractivity contribution in [1.29, 1.82) is 0 Å². The molecule has 3 aromatic rings. The van der Waals surface area contributed by atoms with Crippen molar-refractivity contribution in [3.05, 3.63) is 52.5 Å². The molecule has 2 aromatic carbocycles. The number of benzene rings is 2. The largest absolute Gasteiger partial charge is 0.376 e. The molecule has 7 nitrogen and oxygen atoms in total. The Labute approximate surface area is 234 Å². The van der Waals surface area contributed by atoms with Crippen molar-refractivity contribution in [2.75, 3.05) is 31.1 Å². The monoisotopic (exact) mass is 577 g/mol. The van der Waals surface area contributed by atoms with Crippen molar-refractivity contribution in [3.8, 4) is 0 Å². The second-order valence-electron chi connectivity index (χ2n) is 10.7. The lowest BCUT2D eigenvalue weighted by atomic mass is 10.2. The zero-order valence-electron chi connectivity index (χ0n) is 22.6.